The van der Waals surface area contributed by atoms with Gasteiger partial charge in [0.1, 0.15) is 5.75 Å². The van der Waals surface area contributed by atoms with Crippen LogP contribution in [0.15, 0.2) is 66.0 Å². The van der Waals surface area contributed by atoms with Crippen LogP contribution in [0.25, 0.3) is 32.2 Å². The molecular formula is C32H32N2O6S. The molecule has 212 valence electrons. The summed E-state index contributed by atoms with van der Waals surface area (Å²) in [7, 11) is 6.24. The van der Waals surface area contributed by atoms with Gasteiger partial charge in [0.05, 0.1) is 45.2 Å². The van der Waals surface area contributed by atoms with Crippen LogP contribution >= 0.6 is 11.3 Å². The normalized spacial score (nSPS) is 11.8. The Balaban J connectivity index is 1.56. The van der Waals surface area contributed by atoms with Crippen LogP contribution in [-0.2, 0) is 6.42 Å². The fraction of sp³-hybridized carbons (Fsp3) is 0.250. The zero-order valence-electron chi connectivity index (χ0n) is 23.4. The molecule has 9 heteroatoms. The van der Waals surface area contributed by atoms with Gasteiger partial charge in [-0.15, -0.1) is 11.3 Å². The lowest BCUT2D eigenvalue weighted by Gasteiger charge is -2.19. The predicted octanol–water partition coefficient (Wildman–Crippen LogP) is 5.87. The summed E-state index contributed by atoms with van der Waals surface area (Å²) in [6.07, 6.45) is 1.02. The second-order valence-electron chi connectivity index (χ2n) is 9.50. The van der Waals surface area contributed by atoms with E-state index in [1.165, 1.54) is 10.1 Å². The highest BCUT2D eigenvalue weighted by Crippen LogP contribution is 2.41. The molecule has 41 heavy (non-hydrogen) atoms. The number of thiophene rings is 1. The van der Waals surface area contributed by atoms with Gasteiger partial charge in [-0.2, -0.15) is 0 Å². The van der Waals surface area contributed by atoms with Gasteiger partial charge in [-0.05, 0) is 71.6 Å². The third-order valence-corrected chi connectivity index (χ3v) is 8.07. The third kappa shape index (κ3) is 5.77. The maximum absolute atomic E-state index is 13.9. The molecule has 5 rings (SSSR count). The molecule has 0 aliphatic heterocycles. The molecule has 2 N–H and O–H groups in total. The molecule has 0 saturated carbocycles. The Kier molecular flexibility index (Phi) is 8.56. The SMILES string of the molecule is COc1ccc2nc(-c3cc(OC)c(OC)c(OC)c3)cc(C(=O)N[C@@H](CCO)Cc3csc4ccccc34)c2c1. The number of rotatable bonds is 11. The minimum atomic E-state index is -0.274. The molecule has 0 unspecified atom stereocenters. The van der Waals surface area contributed by atoms with Crippen LogP contribution < -0.4 is 24.3 Å². The molecule has 0 bridgehead atoms. The van der Waals surface area contributed by atoms with Crippen LogP contribution in [0.5, 0.6) is 23.0 Å². The lowest BCUT2D eigenvalue weighted by atomic mass is 10.00. The molecule has 0 saturated heterocycles. The number of nitrogens with zero attached hydrogens (tertiary/aromatic N) is 1. The first kappa shape index (κ1) is 28.2. The van der Waals surface area contributed by atoms with Crippen molar-refractivity contribution in [2.45, 2.75) is 18.9 Å². The predicted molar refractivity (Wildman–Crippen MR) is 162 cm³/mol. The smallest absolute Gasteiger partial charge is 0.252 e. The van der Waals surface area contributed by atoms with Crippen molar-refractivity contribution in [3.05, 3.63) is 77.2 Å². The van der Waals surface area contributed by atoms with Crippen molar-refractivity contribution in [3.63, 3.8) is 0 Å². The molecule has 1 atom stereocenters. The van der Waals surface area contributed by atoms with E-state index in [1.54, 1.807) is 58.0 Å². The maximum atomic E-state index is 13.9. The number of amides is 1. The van der Waals surface area contributed by atoms with Gasteiger partial charge in [-0.25, -0.2) is 4.98 Å². The van der Waals surface area contributed by atoms with Crippen molar-refractivity contribution in [3.8, 4) is 34.3 Å². The first-order valence-corrected chi connectivity index (χ1v) is 14.0. The van der Waals surface area contributed by atoms with Crippen molar-refractivity contribution >= 4 is 38.2 Å². The topological polar surface area (TPSA) is 99.1 Å². The summed E-state index contributed by atoms with van der Waals surface area (Å²) in [5, 5.41) is 16.9. The summed E-state index contributed by atoms with van der Waals surface area (Å²) in [5.74, 6) is 1.78. The highest BCUT2D eigenvalue weighted by atomic mass is 32.1. The van der Waals surface area contributed by atoms with Gasteiger partial charge in [0.25, 0.3) is 5.91 Å². The van der Waals surface area contributed by atoms with E-state index in [9.17, 15) is 9.90 Å². The third-order valence-electron chi connectivity index (χ3n) is 7.06. The molecule has 3 aromatic carbocycles. The lowest BCUT2D eigenvalue weighted by Crippen LogP contribution is -2.37. The average molecular weight is 573 g/mol. The Hall–Kier alpha value is -4.34. The van der Waals surface area contributed by atoms with E-state index >= 15 is 0 Å². The number of pyridine rings is 1. The number of aliphatic hydroxyl groups is 1. The van der Waals surface area contributed by atoms with Gasteiger partial charge in [-0.1, -0.05) is 18.2 Å². The minimum absolute atomic E-state index is 0.0470. The molecule has 2 heterocycles. The molecule has 0 aliphatic rings. The fourth-order valence-electron chi connectivity index (χ4n) is 5.00. The van der Waals surface area contributed by atoms with Crippen molar-refractivity contribution in [1.29, 1.82) is 0 Å². The van der Waals surface area contributed by atoms with Crippen LogP contribution in [0.3, 0.4) is 0 Å². The number of hydrogen-bond acceptors (Lipinski definition) is 8. The lowest BCUT2D eigenvalue weighted by molar-refractivity contribution is 0.0932. The summed E-state index contributed by atoms with van der Waals surface area (Å²) < 4.78 is 23.2. The Morgan fingerprint density at radius 1 is 0.927 bits per heavy atom. The van der Waals surface area contributed by atoms with Crippen LogP contribution in [-0.4, -0.2) is 57.1 Å². The van der Waals surface area contributed by atoms with Crippen LogP contribution in [0.1, 0.15) is 22.3 Å². The van der Waals surface area contributed by atoms with Crippen LogP contribution in [0, 0.1) is 0 Å². The molecule has 0 aliphatic carbocycles. The Morgan fingerprint density at radius 2 is 1.68 bits per heavy atom. The highest BCUT2D eigenvalue weighted by Gasteiger charge is 2.21. The first-order valence-electron chi connectivity index (χ1n) is 13.2. The van der Waals surface area contributed by atoms with E-state index in [0.717, 1.165) is 5.56 Å². The van der Waals surface area contributed by atoms with Gasteiger partial charge in [0.15, 0.2) is 11.5 Å². The first-order chi connectivity index (χ1) is 20.0. The Labute approximate surface area is 242 Å². The largest absolute Gasteiger partial charge is 0.497 e. The summed E-state index contributed by atoms with van der Waals surface area (Å²) in [5.41, 5.74) is 3.47. The molecule has 8 nitrogen and oxygen atoms in total. The zero-order chi connectivity index (χ0) is 28.9. The number of carbonyl (C=O) groups is 1. The number of ether oxygens (including phenoxy) is 4. The van der Waals surface area contributed by atoms with E-state index in [2.05, 4.69) is 22.8 Å². The van der Waals surface area contributed by atoms with E-state index in [4.69, 9.17) is 23.9 Å². The maximum Gasteiger partial charge on any atom is 0.252 e. The van der Waals surface area contributed by atoms with Gasteiger partial charge >= 0.3 is 0 Å². The van der Waals surface area contributed by atoms with Crippen molar-refractivity contribution in [1.82, 2.24) is 10.3 Å². The summed E-state index contributed by atoms with van der Waals surface area (Å²) in [6.45, 7) is -0.0470. The molecule has 0 spiro atoms. The second kappa shape index (κ2) is 12.4. The molecule has 2 aromatic heterocycles. The van der Waals surface area contributed by atoms with E-state index < -0.39 is 0 Å². The number of carbonyl (C=O) groups excluding carboxylic acids is 1. The number of hydrogen-bond donors (Lipinski definition) is 2. The van der Waals surface area contributed by atoms with Gasteiger partial charge in [0, 0.05) is 28.3 Å². The number of methoxy groups -OCH3 is 4. The van der Waals surface area contributed by atoms with E-state index in [-0.39, 0.29) is 18.6 Å². The second-order valence-corrected chi connectivity index (χ2v) is 10.4. The zero-order valence-corrected chi connectivity index (χ0v) is 24.2. The highest BCUT2D eigenvalue weighted by molar-refractivity contribution is 7.17. The van der Waals surface area contributed by atoms with Gasteiger partial charge in [-0.3, -0.25) is 4.79 Å². The molecule has 0 radical (unpaired) electrons. The summed E-state index contributed by atoms with van der Waals surface area (Å²) in [6, 6.07) is 18.7. The number of aromatic nitrogens is 1. The Bertz CT molecular complexity index is 1670. The molecular weight excluding hydrogens is 540 g/mol. The standard InChI is InChI=1S/C32H32N2O6S/c1-37-22-9-10-26-24(16-22)25(17-27(34-26)19-14-28(38-2)31(40-4)29(15-19)39-3)32(36)33-21(11-12-35)13-20-18-41-30-8-6-5-7-23(20)30/h5-10,14-18,21,35H,11-13H2,1-4H3,(H,33,36)/t21-/m0/s1. The van der Waals surface area contributed by atoms with Gasteiger partial charge in [0.2, 0.25) is 5.75 Å². The van der Waals surface area contributed by atoms with Gasteiger partial charge < -0.3 is 29.4 Å². The number of fused-ring (bicyclic) bond motifs is 2. The van der Waals surface area contributed by atoms with Crippen LogP contribution in [0.4, 0.5) is 0 Å². The Morgan fingerprint density at radius 3 is 2.37 bits per heavy atom. The van der Waals surface area contributed by atoms with Crippen LogP contribution in [0.2, 0.25) is 0 Å². The molecule has 0 fully saturated rings. The molecule has 5 aromatic rings. The van der Waals surface area contributed by atoms with E-state index in [0.29, 0.717) is 63.6 Å². The summed E-state index contributed by atoms with van der Waals surface area (Å²) >= 11 is 1.68. The number of aliphatic hydroxyl groups excluding tert-OH is 1. The average Bonchev–Trinajstić information content (AvgIpc) is 3.41. The fourth-order valence-corrected chi connectivity index (χ4v) is 5.97. The molecule has 1 amide bonds. The minimum Gasteiger partial charge on any atom is -0.497 e. The van der Waals surface area contributed by atoms with Crippen molar-refractivity contribution in [2.24, 2.45) is 0 Å². The number of benzene rings is 3. The number of nitrogens with one attached hydrogen (secondary N) is 1. The quantitative estimate of drug-likeness (QED) is 0.204. The monoisotopic (exact) mass is 572 g/mol. The summed E-state index contributed by atoms with van der Waals surface area (Å²) in [4.78, 5) is 18.8. The van der Waals surface area contributed by atoms with E-state index in [1.807, 2.05) is 30.3 Å². The van der Waals surface area contributed by atoms with Crippen molar-refractivity contribution in [2.75, 3.05) is 35.0 Å². The van der Waals surface area contributed by atoms with Crippen molar-refractivity contribution < 1.29 is 28.8 Å².